The number of ether oxygens (including phenoxy) is 2. The third-order valence-corrected chi connectivity index (χ3v) is 4.31. The summed E-state index contributed by atoms with van der Waals surface area (Å²) in [5.74, 6) is -0.688. The van der Waals surface area contributed by atoms with Crippen LogP contribution in [0.5, 0.6) is 0 Å². The Morgan fingerprint density at radius 2 is 1.86 bits per heavy atom. The molecule has 0 spiro atoms. The van der Waals surface area contributed by atoms with E-state index in [1.54, 1.807) is 4.68 Å². The van der Waals surface area contributed by atoms with Crippen LogP contribution in [0.1, 0.15) is 11.1 Å². The zero-order valence-corrected chi connectivity index (χ0v) is 16.3. The van der Waals surface area contributed by atoms with Crippen LogP contribution in [0.4, 0.5) is 0 Å². The number of methoxy groups -OCH3 is 1. The highest BCUT2D eigenvalue weighted by Gasteiger charge is 2.16. The van der Waals surface area contributed by atoms with E-state index in [-0.39, 0.29) is 18.8 Å². The smallest absolute Gasteiger partial charge is 0.348 e. The zero-order chi connectivity index (χ0) is 20.6. The number of carbonyl (C=O) groups is 1. The lowest BCUT2D eigenvalue weighted by Gasteiger charge is -2.04. The number of rotatable bonds is 7. The van der Waals surface area contributed by atoms with Crippen molar-refractivity contribution in [2.75, 3.05) is 20.3 Å². The summed E-state index contributed by atoms with van der Waals surface area (Å²) in [4.78, 5) is 12.2. The van der Waals surface area contributed by atoms with E-state index in [1.165, 1.54) is 13.2 Å². The summed E-state index contributed by atoms with van der Waals surface area (Å²) in [5, 5.41) is 14.2. The summed E-state index contributed by atoms with van der Waals surface area (Å²) >= 11 is 0. The van der Waals surface area contributed by atoms with Gasteiger partial charge in [-0.2, -0.15) is 10.4 Å². The van der Waals surface area contributed by atoms with E-state index in [1.807, 2.05) is 73.8 Å². The fourth-order valence-corrected chi connectivity index (χ4v) is 2.84. The van der Waals surface area contributed by atoms with Gasteiger partial charge in [0.15, 0.2) is 0 Å². The average molecular weight is 387 g/mol. The third kappa shape index (κ3) is 4.78. The van der Waals surface area contributed by atoms with Crippen LogP contribution in [0.25, 0.3) is 23.0 Å². The number of aryl methyl sites for hydroxylation is 1. The van der Waals surface area contributed by atoms with Crippen LogP contribution in [0.2, 0.25) is 0 Å². The SMILES string of the molecule is COCCOC(=O)/C(C#N)=C/c1cn(-c2ccccc2C)nc1-c1ccccc1. The zero-order valence-electron chi connectivity index (χ0n) is 16.3. The van der Waals surface area contributed by atoms with Crippen molar-refractivity contribution in [3.05, 3.63) is 77.5 Å². The number of hydrogen-bond donors (Lipinski definition) is 0. The molecule has 0 bridgehead atoms. The Balaban J connectivity index is 2.06. The van der Waals surface area contributed by atoms with Gasteiger partial charge in [-0.1, -0.05) is 48.5 Å². The molecule has 0 fully saturated rings. The molecule has 0 aliphatic rings. The monoisotopic (exact) mass is 387 g/mol. The minimum Gasteiger partial charge on any atom is -0.459 e. The van der Waals surface area contributed by atoms with E-state index < -0.39 is 5.97 Å². The predicted molar refractivity (Wildman–Crippen MR) is 110 cm³/mol. The molecule has 0 aliphatic carbocycles. The van der Waals surface area contributed by atoms with Crippen LogP contribution < -0.4 is 0 Å². The molecule has 6 heteroatoms. The van der Waals surface area contributed by atoms with Crippen molar-refractivity contribution in [1.82, 2.24) is 9.78 Å². The summed E-state index contributed by atoms with van der Waals surface area (Å²) in [7, 11) is 1.51. The van der Waals surface area contributed by atoms with E-state index in [0.717, 1.165) is 16.8 Å². The quantitative estimate of drug-likeness (QED) is 0.266. The molecule has 146 valence electrons. The molecule has 0 aliphatic heterocycles. The largest absolute Gasteiger partial charge is 0.459 e. The summed E-state index contributed by atoms with van der Waals surface area (Å²) in [5.41, 5.74) is 4.10. The van der Waals surface area contributed by atoms with E-state index >= 15 is 0 Å². The lowest BCUT2D eigenvalue weighted by Crippen LogP contribution is -2.11. The number of carbonyl (C=O) groups excluding carboxylic acids is 1. The Labute approximate surface area is 169 Å². The van der Waals surface area contributed by atoms with Crippen LogP contribution in [0.15, 0.2) is 66.4 Å². The van der Waals surface area contributed by atoms with Gasteiger partial charge < -0.3 is 9.47 Å². The lowest BCUT2D eigenvalue weighted by atomic mass is 10.1. The Bertz CT molecular complexity index is 1060. The van der Waals surface area contributed by atoms with Crippen molar-refractivity contribution in [2.45, 2.75) is 6.92 Å². The van der Waals surface area contributed by atoms with E-state index in [9.17, 15) is 10.1 Å². The Morgan fingerprint density at radius 3 is 2.55 bits per heavy atom. The predicted octanol–water partition coefficient (Wildman–Crippen LogP) is 3.94. The molecule has 0 saturated carbocycles. The maximum atomic E-state index is 12.2. The summed E-state index contributed by atoms with van der Waals surface area (Å²) in [6.45, 7) is 2.36. The first-order chi connectivity index (χ1) is 14.1. The molecule has 2 aromatic carbocycles. The number of esters is 1. The van der Waals surface area contributed by atoms with Gasteiger partial charge in [0.05, 0.1) is 18.0 Å². The molecule has 0 N–H and O–H groups in total. The Morgan fingerprint density at radius 1 is 1.14 bits per heavy atom. The number of nitrogens with zero attached hydrogens (tertiary/aromatic N) is 3. The standard InChI is InChI=1S/C23H21N3O3/c1-17-8-6-7-11-21(17)26-16-20(22(25-26)18-9-4-3-5-10-18)14-19(15-24)23(27)29-13-12-28-2/h3-11,14,16H,12-13H2,1-2H3/b19-14+. The molecule has 1 heterocycles. The fourth-order valence-electron chi connectivity index (χ4n) is 2.84. The van der Waals surface area contributed by atoms with Crippen molar-refractivity contribution in [3.8, 4) is 23.0 Å². The van der Waals surface area contributed by atoms with Crippen LogP contribution in [-0.2, 0) is 14.3 Å². The van der Waals surface area contributed by atoms with Gasteiger partial charge in [0, 0.05) is 24.4 Å². The van der Waals surface area contributed by atoms with Gasteiger partial charge in [0.2, 0.25) is 0 Å². The second kappa shape index (κ2) is 9.49. The van der Waals surface area contributed by atoms with Crippen molar-refractivity contribution in [3.63, 3.8) is 0 Å². The number of nitriles is 1. The van der Waals surface area contributed by atoms with Gasteiger partial charge in [-0.05, 0) is 24.6 Å². The van der Waals surface area contributed by atoms with Crippen molar-refractivity contribution in [2.24, 2.45) is 0 Å². The molecule has 0 atom stereocenters. The summed E-state index contributed by atoms with van der Waals surface area (Å²) in [6.07, 6.45) is 3.32. The van der Waals surface area contributed by atoms with Gasteiger partial charge in [0.1, 0.15) is 18.2 Å². The third-order valence-electron chi connectivity index (χ3n) is 4.31. The molecule has 29 heavy (non-hydrogen) atoms. The van der Waals surface area contributed by atoms with Crippen molar-refractivity contribution in [1.29, 1.82) is 5.26 Å². The topological polar surface area (TPSA) is 77.1 Å². The van der Waals surface area contributed by atoms with Crippen molar-refractivity contribution < 1.29 is 14.3 Å². The van der Waals surface area contributed by atoms with Gasteiger partial charge in [0.25, 0.3) is 0 Å². The van der Waals surface area contributed by atoms with E-state index in [0.29, 0.717) is 11.3 Å². The lowest BCUT2D eigenvalue weighted by molar-refractivity contribution is -0.139. The van der Waals surface area contributed by atoms with Gasteiger partial charge >= 0.3 is 5.97 Å². The number of aromatic nitrogens is 2. The molecule has 0 unspecified atom stereocenters. The molecular formula is C23H21N3O3. The van der Waals surface area contributed by atoms with Crippen LogP contribution in [-0.4, -0.2) is 36.1 Å². The first-order valence-corrected chi connectivity index (χ1v) is 9.13. The molecule has 3 rings (SSSR count). The molecular weight excluding hydrogens is 366 g/mol. The minimum atomic E-state index is -0.688. The van der Waals surface area contributed by atoms with Gasteiger partial charge in [-0.25, -0.2) is 9.48 Å². The second-order valence-corrected chi connectivity index (χ2v) is 6.33. The maximum Gasteiger partial charge on any atom is 0.348 e. The Hall–Kier alpha value is -3.69. The number of hydrogen-bond acceptors (Lipinski definition) is 5. The van der Waals surface area contributed by atoms with E-state index in [2.05, 4.69) is 0 Å². The van der Waals surface area contributed by atoms with Gasteiger partial charge in [-0.3, -0.25) is 0 Å². The minimum absolute atomic E-state index is 0.0857. The average Bonchev–Trinajstić information content (AvgIpc) is 3.16. The van der Waals surface area contributed by atoms with Crippen LogP contribution >= 0.6 is 0 Å². The highest BCUT2D eigenvalue weighted by Crippen LogP contribution is 2.26. The first-order valence-electron chi connectivity index (χ1n) is 9.13. The maximum absolute atomic E-state index is 12.2. The second-order valence-electron chi connectivity index (χ2n) is 6.33. The van der Waals surface area contributed by atoms with E-state index in [4.69, 9.17) is 14.6 Å². The normalized spacial score (nSPS) is 11.1. The Kier molecular flexibility index (Phi) is 6.56. The van der Waals surface area contributed by atoms with Crippen LogP contribution in [0, 0.1) is 18.3 Å². The molecule has 6 nitrogen and oxygen atoms in total. The van der Waals surface area contributed by atoms with Crippen LogP contribution in [0.3, 0.4) is 0 Å². The molecule has 0 radical (unpaired) electrons. The number of benzene rings is 2. The first kappa shape index (κ1) is 20.1. The summed E-state index contributed by atoms with van der Waals surface area (Å²) < 4.78 is 11.7. The number of para-hydroxylation sites is 1. The molecule has 0 amide bonds. The van der Waals surface area contributed by atoms with Crippen molar-refractivity contribution >= 4 is 12.0 Å². The molecule has 3 aromatic rings. The molecule has 1 aromatic heterocycles. The molecule has 0 saturated heterocycles. The van der Waals surface area contributed by atoms with Gasteiger partial charge in [-0.15, -0.1) is 0 Å². The summed E-state index contributed by atoms with van der Waals surface area (Å²) in [6, 6.07) is 19.4. The highest BCUT2D eigenvalue weighted by atomic mass is 16.6. The highest BCUT2D eigenvalue weighted by molar-refractivity contribution is 5.98. The fraction of sp³-hybridized carbons (Fsp3) is 0.174.